The van der Waals surface area contributed by atoms with Crippen LogP contribution in [-0.4, -0.2) is 54.9 Å². The zero-order chi connectivity index (χ0) is 30.7. The molecule has 0 N–H and O–H groups in total. The van der Waals surface area contributed by atoms with Gasteiger partial charge in [0.1, 0.15) is 24.6 Å². The fourth-order valence-electron chi connectivity index (χ4n) is 4.30. The van der Waals surface area contributed by atoms with Crippen molar-refractivity contribution in [3.8, 4) is 0 Å². The van der Waals surface area contributed by atoms with Crippen molar-refractivity contribution in [1.29, 1.82) is 0 Å². The lowest BCUT2D eigenvalue weighted by molar-refractivity contribution is -0.274. The number of phosphoric ester groups is 1. The van der Waals surface area contributed by atoms with E-state index in [1.807, 2.05) is 12.1 Å². The first-order chi connectivity index (χ1) is 20.0. The van der Waals surface area contributed by atoms with Crippen molar-refractivity contribution in [2.24, 2.45) is 5.92 Å². The Morgan fingerprint density at radius 1 is 0.738 bits per heavy atom. The van der Waals surface area contributed by atoms with Crippen molar-refractivity contribution in [3.63, 3.8) is 0 Å². The largest absolute Gasteiger partial charge is 0.477 e. The summed E-state index contributed by atoms with van der Waals surface area (Å²) in [5, 5.41) is 0. The summed E-state index contributed by atoms with van der Waals surface area (Å²) in [6, 6.07) is 17.8. The van der Waals surface area contributed by atoms with E-state index in [1.165, 1.54) is 13.8 Å². The maximum atomic E-state index is 14.1. The SMILES string of the molecule is CC(=O)C[C@H]1[C@@H](OP(=O)(OCc2ccccc2)OCc2ccccc2)O[C@H](COC(C)=O)[C@@H](OC(C)=O)[C@@H]1OC(C)=O. The van der Waals surface area contributed by atoms with E-state index in [2.05, 4.69) is 0 Å². The lowest BCUT2D eigenvalue weighted by Gasteiger charge is -2.45. The molecule has 0 saturated carbocycles. The molecular formula is C29H35O12P. The second-order valence-electron chi connectivity index (χ2n) is 9.63. The predicted molar refractivity (Wildman–Crippen MR) is 146 cm³/mol. The Hall–Kier alpha value is -3.41. The van der Waals surface area contributed by atoms with Gasteiger partial charge < -0.3 is 23.7 Å². The molecule has 2 aromatic carbocycles. The van der Waals surface area contributed by atoms with Gasteiger partial charge in [0, 0.05) is 27.2 Å². The van der Waals surface area contributed by atoms with Crippen molar-refractivity contribution in [2.45, 2.75) is 71.9 Å². The summed E-state index contributed by atoms with van der Waals surface area (Å²) >= 11 is 0. The van der Waals surface area contributed by atoms with E-state index in [1.54, 1.807) is 48.5 Å². The van der Waals surface area contributed by atoms with Gasteiger partial charge in [0.05, 0.1) is 19.1 Å². The van der Waals surface area contributed by atoms with Gasteiger partial charge in [0.25, 0.3) is 0 Å². The minimum absolute atomic E-state index is 0.155. The third-order valence-corrected chi connectivity index (χ3v) is 7.40. The van der Waals surface area contributed by atoms with Gasteiger partial charge >= 0.3 is 25.7 Å². The molecule has 1 aliphatic rings. The van der Waals surface area contributed by atoms with Gasteiger partial charge in [-0.05, 0) is 18.1 Å². The molecule has 0 aliphatic carbocycles. The molecule has 1 fully saturated rings. The van der Waals surface area contributed by atoms with Crippen molar-refractivity contribution in [3.05, 3.63) is 71.8 Å². The molecule has 1 heterocycles. The highest BCUT2D eigenvalue weighted by molar-refractivity contribution is 7.48. The molecular weight excluding hydrogens is 571 g/mol. The second-order valence-corrected chi connectivity index (χ2v) is 11.3. The first kappa shape index (κ1) is 33.1. The van der Waals surface area contributed by atoms with Crippen molar-refractivity contribution < 1.29 is 56.3 Å². The predicted octanol–water partition coefficient (Wildman–Crippen LogP) is 4.29. The summed E-state index contributed by atoms with van der Waals surface area (Å²) in [5.74, 6) is -3.60. The third-order valence-electron chi connectivity index (χ3n) is 6.05. The number of hydrogen-bond acceptors (Lipinski definition) is 12. The van der Waals surface area contributed by atoms with Crippen molar-refractivity contribution in [2.75, 3.05) is 6.61 Å². The topological polar surface area (TPSA) is 150 Å². The maximum Gasteiger partial charge on any atom is 0.477 e. The van der Waals surface area contributed by atoms with Crippen LogP contribution in [0, 0.1) is 5.92 Å². The maximum absolute atomic E-state index is 14.1. The van der Waals surface area contributed by atoms with Crippen LogP contribution in [-0.2, 0) is 69.5 Å². The molecule has 1 aliphatic heterocycles. The first-order valence-corrected chi connectivity index (χ1v) is 14.7. The van der Waals surface area contributed by atoms with Crippen LogP contribution >= 0.6 is 7.82 Å². The van der Waals surface area contributed by atoms with Crippen LogP contribution in [0.25, 0.3) is 0 Å². The Bertz CT molecular complexity index is 1200. The quantitative estimate of drug-likeness (QED) is 0.171. The van der Waals surface area contributed by atoms with E-state index in [0.717, 1.165) is 13.8 Å². The van der Waals surface area contributed by atoms with Crippen molar-refractivity contribution in [1.82, 2.24) is 0 Å². The Labute approximate surface area is 244 Å². The summed E-state index contributed by atoms with van der Waals surface area (Å²) in [7, 11) is -4.46. The number of carbonyl (C=O) groups excluding carboxylic acids is 4. The summed E-state index contributed by atoms with van der Waals surface area (Å²) < 4.78 is 53.5. The summed E-state index contributed by atoms with van der Waals surface area (Å²) in [6.45, 7) is 4.00. The lowest BCUT2D eigenvalue weighted by atomic mass is 9.87. The van der Waals surface area contributed by atoms with E-state index in [9.17, 15) is 23.7 Å². The minimum Gasteiger partial charge on any atom is -0.463 e. The van der Waals surface area contributed by atoms with Crippen LogP contribution in [0.4, 0.5) is 0 Å². The van der Waals surface area contributed by atoms with Gasteiger partial charge in [-0.25, -0.2) is 4.57 Å². The molecule has 0 bridgehead atoms. The van der Waals surface area contributed by atoms with E-state index in [0.29, 0.717) is 11.1 Å². The number of phosphoric acid groups is 1. The molecule has 13 heteroatoms. The molecule has 2 aromatic rings. The Morgan fingerprint density at radius 3 is 1.69 bits per heavy atom. The number of hydrogen-bond donors (Lipinski definition) is 0. The zero-order valence-electron chi connectivity index (χ0n) is 23.8. The van der Waals surface area contributed by atoms with Gasteiger partial charge in [0.15, 0.2) is 12.4 Å². The molecule has 0 radical (unpaired) electrons. The molecule has 3 rings (SSSR count). The van der Waals surface area contributed by atoms with E-state index < -0.39 is 62.9 Å². The van der Waals surface area contributed by atoms with Gasteiger partial charge in [-0.15, -0.1) is 0 Å². The molecule has 0 amide bonds. The zero-order valence-corrected chi connectivity index (χ0v) is 24.7. The first-order valence-electron chi connectivity index (χ1n) is 13.2. The van der Waals surface area contributed by atoms with Crippen LogP contribution < -0.4 is 0 Å². The van der Waals surface area contributed by atoms with Crippen LogP contribution in [0.2, 0.25) is 0 Å². The van der Waals surface area contributed by atoms with Gasteiger partial charge in [0.2, 0.25) is 0 Å². The third kappa shape index (κ3) is 10.5. The van der Waals surface area contributed by atoms with Gasteiger partial charge in [-0.2, -0.15) is 0 Å². The van der Waals surface area contributed by atoms with Gasteiger partial charge in [-0.3, -0.25) is 28.0 Å². The molecule has 228 valence electrons. The Balaban J connectivity index is 1.98. The second kappa shape index (κ2) is 15.7. The molecule has 0 unspecified atom stereocenters. The smallest absolute Gasteiger partial charge is 0.463 e. The standard InChI is InChI=1S/C29H35O12P/c1-19(30)15-25-27(38-21(3)32)28(39-22(4)33)26(18-35-20(2)31)40-29(25)41-42(34,36-16-23-11-7-5-8-12-23)37-17-24-13-9-6-10-14-24/h5-14,25-29H,15-18H2,1-4H3/t25-,26-,27-,28-,29-/m1/s1. The van der Waals surface area contributed by atoms with Crippen LogP contribution in [0.1, 0.15) is 45.2 Å². The normalized spacial score (nSPS) is 22.1. The van der Waals surface area contributed by atoms with Crippen LogP contribution in [0.5, 0.6) is 0 Å². The Morgan fingerprint density at radius 2 is 1.24 bits per heavy atom. The molecule has 5 atom stereocenters. The number of ether oxygens (including phenoxy) is 4. The number of ketones is 1. The Kier molecular flexibility index (Phi) is 12.4. The van der Waals surface area contributed by atoms with Gasteiger partial charge in [-0.1, -0.05) is 60.7 Å². The highest BCUT2D eigenvalue weighted by Crippen LogP contribution is 2.54. The number of esters is 3. The highest BCUT2D eigenvalue weighted by atomic mass is 31.2. The van der Waals surface area contributed by atoms with E-state index in [-0.39, 0.29) is 25.4 Å². The monoisotopic (exact) mass is 606 g/mol. The fourth-order valence-corrected chi connectivity index (χ4v) is 5.57. The summed E-state index contributed by atoms with van der Waals surface area (Å²) in [4.78, 5) is 48.1. The van der Waals surface area contributed by atoms with Crippen molar-refractivity contribution >= 4 is 31.5 Å². The lowest BCUT2D eigenvalue weighted by Crippen LogP contribution is -2.59. The average molecular weight is 607 g/mol. The molecule has 1 saturated heterocycles. The van der Waals surface area contributed by atoms with E-state index >= 15 is 0 Å². The molecule has 0 aromatic heterocycles. The van der Waals surface area contributed by atoms with Crippen LogP contribution in [0.15, 0.2) is 60.7 Å². The number of Topliss-reactive ketones (excluding diaryl/α,β-unsaturated/α-hetero) is 1. The molecule has 42 heavy (non-hydrogen) atoms. The van der Waals surface area contributed by atoms with E-state index in [4.69, 9.17) is 32.5 Å². The number of benzene rings is 2. The fraction of sp³-hybridized carbons (Fsp3) is 0.448. The van der Waals surface area contributed by atoms with Crippen LogP contribution in [0.3, 0.4) is 0 Å². The highest BCUT2D eigenvalue weighted by Gasteiger charge is 2.53. The minimum atomic E-state index is -4.46. The average Bonchev–Trinajstić information content (AvgIpc) is 2.93. The number of rotatable bonds is 14. The molecule has 0 spiro atoms. The summed E-state index contributed by atoms with van der Waals surface area (Å²) in [6.07, 6.45) is -5.64. The number of carbonyl (C=O) groups is 4. The summed E-state index contributed by atoms with van der Waals surface area (Å²) in [5.41, 5.74) is 1.35. The molecule has 12 nitrogen and oxygen atoms in total.